The van der Waals surface area contributed by atoms with Crippen LogP contribution in [0.5, 0.6) is 0 Å². The first-order valence-corrected chi connectivity index (χ1v) is 4.34. The molecule has 0 bridgehead atoms. The van der Waals surface area contributed by atoms with Crippen LogP contribution in [0.2, 0.25) is 0 Å². The zero-order chi connectivity index (χ0) is 7.31. The first-order valence-electron chi connectivity index (χ1n) is 4.34. The maximum atomic E-state index is 4.15. The zero-order valence-electron chi connectivity index (χ0n) is 6.51. The van der Waals surface area contributed by atoms with Crippen LogP contribution in [-0.4, -0.2) is 4.98 Å². The molecule has 56 valence electrons. The molecule has 0 aromatic carbocycles. The highest BCUT2D eigenvalue weighted by Crippen LogP contribution is 2.56. The standard InChI is InChI=1S/C10H11N/c1-3-10(4-5-10)9-2-6-11-7-8(1)9/h2,6-7H,1,3-5H2. The fourth-order valence-electron chi connectivity index (χ4n) is 2.32. The van der Waals surface area contributed by atoms with Gasteiger partial charge in [-0.15, -0.1) is 0 Å². The maximum Gasteiger partial charge on any atom is 0.0302 e. The molecule has 0 aliphatic heterocycles. The lowest BCUT2D eigenvalue weighted by Gasteiger charge is -2.05. The summed E-state index contributed by atoms with van der Waals surface area (Å²) in [7, 11) is 0. The Morgan fingerprint density at radius 3 is 3.00 bits per heavy atom. The Labute approximate surface area is 66.5 Å². The van der Waals surface area contributed by atoms with Crippen LogP contribution in [0, 0.1) is 0 Å². The molecule has 1 nitrogen and oxygen atoms in total. The maximum absolute atomic E-state index is 4.15. The predicted octanol–water partition coefficient (Wildman–Crippen LogP) is 2.06. The van der Waals surface area contributed by atoms with Crippen LogP contribution in [-0.2, 0) is 11.8 Å². The molecule has 1 aromatic heterocycles. The third-order valence-corrected chi connectivity index (χ3v) is 3.20. The van der Waals surface area contributed by atoms with Gasteiger partial charge >= 0.3 is 0 Å². The van der Waals surface area contributed by atoms with Crippen molar-refractivity contribution in [2.75, 3.05) is 0 Å². The lowest BCUT2D eigenvalue weighted by atomic mass is 10.0. The SMILES string of the molecule is c1cc2c(cn1)CCC21CC1. The van der Waals surface area contributed by atoms with Crippen LogP contribution in [0.1, 0.15) is 30.4 Å². The van der Waals surface area contributed by atoms with Gasteiger partial charge in [-0.05, 0) is 48.3 Å². The highest BCUT2D eigenvalue weighted by atomic mass is 14.6. The first kappa shape index (κ1) is 5.76. The van der Waals surface area contributed by atoms with E-state index in [0.29, 0.717) is 5.41 Å². The first-order chi connectivity index (χ1) is 5.41. The van der Waals surface area contributed by atoms with Gasteiger partial charge in [0.15, 0.2) is 0 Å². The van der Waals surface area contributed by atoms with Crippen molar-refractivity contribution in [1.29, 1.82) is 0 Å². The van der Waals surface area contributed by atoms with Gasteiger partial charge in [-0.2, -0.15) is 0 Å². The van der Waals surface area contributed by atoms with E-state index in [4.69, 9.17) is 0 Å². The summed E-state index contributed by atoms with van der Waals surface area (Å²) in [5, 5.41) is 0. The molecule has 0 N–H and O–H groups in total. The Morgan fingerprint density at radius 2 is 2.18 bits per heavy atom. The van der Waals surface area contributed by atoms with E-state index in [0.717, 1.165) is 0 Å². The van der Waals surface area contributed by atoms with Crippen molar-refractivity contribution in [2.45, 2.75) is 31.1 Å². The molecule has 0 radical (unpaired) electrons. The van der Waals surface area contributed by atoms with Gasteiger partial charge in [0.2, 0.25) is 0 Å². The van der Waals surface area contributed by atoms with Gasteiger partial charge in [0.25, 0.3) is 0 Å². The smallest absolute Gasteiger partial charge is 0.0302 e. The van der Waals surface area contributed by atoms with E-state index in [-0.39, 0.29) is 0 Å². The molecule has 0 saturated heterocycles. The highest BCUT2D eigenvalue weighted by Gasteiger charge is 2.48. The Kier molecular flexibility index (Phi) is 0.867. The van der Waals surface area contributed by atoms with Crippen molar-refractivity contribution in [3.63, 3.8) is 0 Å². The van der Waals surface area contributed by atoms with Gasteiger partial charge in [-0.3, -0.25) is 4.98 Å². The highest BCUT2D eigenvalue weighted by molar-refractivity contribution is 5.41. The minimum atomic E-state index is 0.637. The summed E-state index contributed by atoms with van der Waals surface area (Å²) in [5.74, 6) is 0. The summed E-state index contributed by atoms with van der Waals surface area (Å²) in [5.41, 5.74) is 3.75. The fraction of sp³-hybridized carbons (Fsp3) is 0.500. The molecule has 2 aliphatic carbocycles. The number of aryl methyl sites for hydroxylation is 1. The van der Waals surface area contributed by atoms with E-state index >= 15 is 0 Å². The number of nitrogens with zero attached hydrogens (tertiary/aromatic N) is 1. The van der Waals surface area contributed by atoms with Gasteiger partial charge in [0.05, 0.1) is 0 Å². The molecule has 1 fully saturated rings. The third-order valence-electron chi connectivity index (χ3n) is 3.20. The van der Waals surface area contributed by atoms with Crippen LogP contribution >= 0.6 is 0 Å². The van der Waals surface area contributed by atoms with E-state index in [1.165, 1.54) is 31.2 Å². The summed E-state index contributed by atoms with van der Waals surface area (Å²) in [4.78, 5) is 4.15. The van der Waals surface area contributed by atoms with E-state index in [2.05, 4.69) is 11.1 Å². The van der Waals surface area contributed by atoms with Crippen molar-refractivity contribution < 1.29 is 0 Å². The predicted molar refractivity (Wildman–Crippen MR) is 43.5 cm³/mol. The number of pyridine rings is 1. The quantitative estimate of drug-likeness (QED) is 0.544. The summed E-state index contributed by atoms with van der Waals surface area (Å²) < 4.78 is 0. The third kappa shape index (κ3) is 0.635. The molecule has 2 aliphatic rings. The Balaban J connectivity index is 2.21. The van der Waals surface area contributed by atoms with Crippen LogP contribution < -0.4 is 0 Å². The number of fused-ring (bicyclic) bond motifs is 2. The van der Waals surface area contributed by atoms with Crippen molar-refractivity contribution in [3.05, 3.63) is 29.6 Å². The molecule has 11 heavy (non-hydrogen) atoms. The largest absolute Gasteiger partial charge is 0.264 e. The van der Waals surface area contributed by atoms with Crippen molar-refractivity contribution >= 4 is 0 Å². The van der Waals surface area contributed by atoms with Crippen molar-refractivity contribution in [3.8, 4) is 0 Å². The van der Waals surface area contributed by atoms with Gasteiger partial charge in [0, 0.05) is 12.4 Å². The second kappa shape index (κ2) is 1.66. The molecule has 1 heteroatoms. The van der Waals surface area contributed by atoms with Crippen LogP contribution in [0.15, 0.2) is 18.5 Å². The van der Waals surface area contributed by atoms with E-state index in [1.54, 1.807) is 5.56 Å². The average Bonchev–Trinajstić information content (AvgIpc) is 2.72. The lowest BCUT2D eigenvalue weighted by Crippen LogP contribution is -1.98. The zero-order valence-corrected chi connectivity index (χ0v) is 6.51. The van der Waals surface area contributed by atoms with Gasteiger partial charge in [-0.1, -0.05) is 0 Å². The lowest BCUT2D eigenvalue weighted by molar-refractivity contribution is 0.681. The summed E-state index contributed by atoms with van der Waals surface area (Å²) in [6.45, 7) is 0. The molecular formula is C10H11N. The van der Waals surface area contributed by atoms with Crippen LogP contribution in [0.4, 0.5) is 0 Å². The normalized spacial score (nSPS) is 23.6. The molecule has 1 aromatic rings. The molecule has 1 spiro atoms. The molecule has 0 amide bonds. The Hall–Kier alpha value is -0.850. The Morgan fingerprint density at radius 1 is 1.27 bits per heavy atom. The molecular weight excluding hydrogens is 134 g/mol. The second-order valence-corrected chi connectivity index (χ2v) is 3.81. The van der Waals surface area contributed by atoms with E-state index < -0.39 is 0 Å². The Bertz CT molecular complexity index is 299. The molecule has 1 saturated carbocycles. The summed E-state index contributed by atoms with van der Waals surface area (Å²) >= 11 is 0. The topological polar surface area (TPSA) is 12.9 Å². The van der Waals surface area contributed by atoms with Crippen molar-refractivity contribution in [1.82, 2.24) is 4.98 Å². The average molecular weight is 145 g/mol. The van der Waals surface area contributed by atoms with E-state index in [9.17, 15) is 0 Å². The molecule has 0 atom stereocenters. The molecule has 3 rings (SSSR count). The minimum absolute atomic E-state index is 0.637. The second-order valence-electron chi connectivity index (χ2n) is 3.81. The van der Waals surface area contributed by atoms with Gasteiger partial charge in [-0.25, -0.2) is 0 Å². The molecule has 0 unspecified atom stereocenters. The molecule has 1 heterocycles. The monoisotopic (exact) mass is 145 g/mol. The summed E-state index contributed by atoms with van der Waals surface area (Å²) in [6.07, 6.45) is 9.47. The summed E-state index contributed by atoms with van der Waals surface area (Å²) in [6, 6.07) is 2.22. The van der Waals surface area contributed by atoms with E-state index in [1.807, 2.05) is 12.4 Å². The number of hydrogen-bond donors (Lipinski definition) is 0. The van der Waals surface area contributed by atoms with Crippen LogP contribution in [0.3, 0.4) is 0 Å². The van der Waals surface area contributed by atoms with Gasteiger partial charge in [0.1, 0.15) is 0 Å². The van der Waals surface area contributed by atoms with Gasteiger partial charge < -0.3 is 0 Å². The number of hydrogen-bond acceptors (Lipinski definition) is 1. The minimum Gasteiger partial charge on any atom is -0.264 e. The van der Waals surface area contributed by atoms with Crippen LogP contribution in [0.25, 0.3) is 0 Å². The number of aromatic nitrogens is 1. The van der Waals surface area contributed by atoms with Crippen molar-refractivity contribution in [2.24, 2.45) is 0 Å². The fourth-order valence-corrected chi connectivity index (χ4v) is 2.32. The number of rotatable bonds is 0.